The van der Waals surface area contributed by atoms with Gasteiger partial charge in [0.1, 0.15) is 0 Å². The molecule has 0 bridgehead atoms. The van der Waals surface area contributed by atoms with Gasteiger partial charge >= 0.3 is 0 Å². The second-order valence-corrected chi connectivity index (χ2v) is 8.70. The van der Waals surface area contributed by atoms with Gasteiger partial charge in [0, 0.05) is 46.3 Å². The van der Waals surface area contributed by atoms with Gasteiger partial charge in [0.15, 0.2) is 0 Å². The average molecular weight is 743 g/mol. The van der Waals surface area contributed by atoms with Crippen LogP contribution in [0.15, 0.2) is 36.4 Å². The topological polar surface area (TPSA) is 0 Å². The summed E-state index contributed by atoms with van der Waals surface area (Å²) in [6.07, 6.45) is 1.98. The molecular weight excluding hydrogens is 713 g/mol. The fourth-order valence-electron chi connectivity index (χ4n) is 3.36. The zero-order valence-electron chi connectivity index (χ0n) is 17.1. The van der Waals surface area contributed by atoms with E-state index in [0.29, 0.717) is 0 Å². The Bertz CT molecular complexity index is 680. The maximum atomic E-state index is 5.67. The summed E-state index contributed by atoms with van der Waals surface area (Å²) in [4.78, 5) is 0. The quantitative estimate of drug-likeness (QED) is 0.306. The van der Waals surface area contributed by atoms with Crippen LogP contribution < -0.4 is 0 Å². The van der Waals surface area contributed by atoms with E-state index in [2.05, 4.69) is 77.9 Å². The van der Waals surface area contributed by atoms with E-state index in [9.17, 15) is 0 Å². The summed E-state index contributed by atoms with van der Waals surface area (Å²) in [5, 5.41) is 0.364. The molecule has 0 aliphatic heterocycles. The zero-order chi connectivity index (χ0) is 18.8. The molecule has 0 fully saturated rings. The monoisotopic (exact) mass is 744 g/mol. The van der Waals surface area contributed by atoms with Crippen molar-refractivity contribution in [1.82, 2.24) is 0 Å². The normalized spacial score (nSPS) is 13.3. The third kappa shape index (κ3) is 6.22. The molecule has 0 N–H and O–H groups in total. The van der Waals surface area contributed by atoms with Crippen molar-refractivity contribution in [2.24, 2.45) is 0 Å². The zero-order valence-corrected chi connectivity index (χ0v) is 24.2. The molecule has 2 unspecified atom stereocenters. The van der Waals surface area contributed by atoms with Gasteiger partial charge in [-0.25, -0.2) is 0 Å². The van der Waals surface area contributed by atoms with Gasteiger partial charge in [-0.05, 0) is 36.1 Å². The summed E-state index contributed by atoms with van der Waals surface area (Å²) < 4.78 is 0. The largest absolute Gasteiger partial charge is 0.785 e. The summed E-state index contributed by atoms with van der Waals surface area (Å²) in [6.45, 7) is 13.2. The van der Waals surface area contributed by atoms with Crippen LogP contribution in [0, 0.1) is 13.8 Å². The minimum Gasteiger partial charge on any atom is -0.785 e. The maximum Gasteiger partial charge on any atom is 0.0146 e. The Morgan fingerprint density at radius 1 is 0.741 bits per heavy atom. The van der Waals surface area contributed by atoms with E-state index in [-0.39, 0.29) is 56.8 Å². The Labute approximate surface area is 204 Å². The number of aryl methyl sites for hydroxylation is 2. The van der Waals surface area contributed by atoms with Gasteiger partial charge in [-0.3, -0.25) is 0 Å². The fraction of sp³-hybridized carbons (Fsp3) is 0.478. The molecule has 2 rings (SSSR count). The minimum absolute atomic E-state index is 0. The van der Waals surface area contributed by atoms with E-state index in [0.717, 1.165) is 12.8 Å². The van der Waals surface area contributed by atoms with Crippen molar-refractivity contribution in [3.63, 3.8) is 0 Å². The molecule has 2 radical (unpaired) electrons. The van der Waals surface area contributed by atoms with Crippen LogP contribution in [-0.2, 0) is 71.5 Å². The Morgan fingerprint density at radius 2 is 1.07 bits per heavy atom. The van der Waals surface area contributed by atoms with E-state index in [1.165, 1.54) is 33.4 Å². The smallest absolute Gasteiger partial charge is 0.0146 e. The van der Waals surface area contributed by atoms with Crippen molar-refractivity contribution >= 4 is 25.3 Å². The molecule has 0 aliphatic rings. The van der Waals surface area contributed by atoms with Crippen molar-refractivity contribution < 1.29 is 40.8 Å². The second kappa shape index (κ2) is 11.6. The predicted molar refractivity (Wildman–Crippen MR) is 115 cm³/mol. The summed E-state index contributed by atoms with van der Waals surface area (Å²) in [6, 6.07) is 13.6. The minimum atomic E-state index is -0.0729. The van der Waals surface area contributed by atoms with Gasteiger partial charge < -0.3 is 25.3 Å². The van der Waals surface area contributed by atoms with Gasteiger partial charge in [0.25, 0.3) is 0 Å². The number of rotatable bonds is 6. The molecule has 2 aromatic rings. The van der Waals surface area contributed by atoms with Gasteiger partial charge in [0.2, 0.25) is 0 Å². The summed E-state index contributed by atoms with van der Waals surface area (Å²) >= 11 is 11.3. The molecular formula is C23H30Re2S2-2. The molecule has 4 heteroatoms. The van der Waals surface area contributed by atoms with Crippen LogP contribution in [0.2, 0.25) is 0 Å². The molecule has 0 saturated heterocycles. The summed E-state index contributed by atoms with van der Waals surface area (Å²) in [7, 11) is 0. The molecule has 0 spiro atoms. The molecule has 0 heterocycles. The molecule has 0 amide bonds. The molecule has 0 saturated carbocycles. The molecule has 0 aliphatic carbocycles. The standard InChI is InChI=1S/C23H32S2.2Re/c1-7-21(24)19-13-17(11-9-15(19)3)23(5,6)18-12-10-16(4)20(14-18)22(25)8-2;;/h9-14,21-22,24-25H,7-8H2,1-6H3;;/p-2. The van der Waals surface area contributed by atoms with Crippen LogP contribution in [0.25, 0.3) is 0 Å². The third-order valence-corrected chi connectivity index (χ3v) is 6.61. The van der Waals surface area contributed by atoms with E-state index in [4.69, 9.17) is 25.3 Å². The summed E-state index contributed by atoms with van der Waals surface area (Å²) in [5.74, 6) is 0. The van der Waals surface area contributed by atoms with Crippen LogP contribution in [0.1, 0.15) is 84.4 Å². The first-order valence-corrected chi connectivity index (χ1v) is 10.2. The van der Waals surface area contributed by atoms with Crippen LogP contribution in [0.5, 0.6) is 0 Å². The molecule has 27 heavy (non-hydrogen) atoms. The third-order valence-electron chi connectivity index (χ3n) is 5.44. The second-order valence-electron chi connectivity index (χ2n) is 7.56. The van der Waals surface area contributed by atoms with Crippen molar-refractivity contribution in [3.8, 4) is 0 Å². The Kier molecular flexibility index (Phi) is 11.8. The van der Waals surface area contributed by atoms with Gasteiger partial charge in [0.05, 0.1) is 0 Å². The molecule has 150 valence electrons. The number of hydrogen-bond donors (Lipinski definition) is 0. The molecule has 0 nitrogen and oxygen atoms in total. The van der Waals surface area contributed by atoms with Crippen molar-refractivity contribution in [1.29, 1.82) is 0 Å². The van der Waals surface area contributed by atoms with Crippen LogP contribution >= 0.6 is 0 Å². The SMILES string of the molecule is CCC([S-])c1cc(C(C)(C)c2ccc(C)c(C([S-])CC)c2)ccc1C.[Re].[Re]. The van der Waals surface area contributed by atoms with E-state index in [1.807, 2.05) is 0 Å². The van der Waals surface area contributed by atoms with E-state index in [1.54, 1.807) is 0 Å². The van der Waals surface area contributed by atoms with Crippen molar-refractivity contribution in [2.45, 2.75) is 70.3 Å². The Balaban J connectivity index is 0.00000338. The van der Waals surface area contributed by atoms with Crippen LogP contribution in [0.3, 0.4) is 0 Å². The first-order chi connectivity index (χ1) is 11.7. The van der Waals surface area contributed by atoms with Gasteiger partial charge in [-0.2, -0.15) is 0 Å². The van der Waals surface area contributed by atoms with Crippen LogP contribution in [-0.4, -0.2) is 0 Å². The molecule has 0 aromatic heterocycles. The van der Waals surface area contributed by atoms with Crippen LogP contribution in [0.4, 0.5) is 0 Å². The first kappa shape index (κ1) is 27.5. The van der Waals surface area contributed by atoms with E-state index < -0.39 is 0 Å². The predicted octanol–water partition coefficient (Wildman–Crippen LogP) is 6.62. The Morgan fingerprint density at radius 3 is 1.37 bits per heavy atom. The van der Waals surface area contributed by atoms with Crippen molar-refractivity contribution in [3.05, 3.63) is 69.8 Å². The van der Waals surface area contributed by atoms with Gasteiger partial charge in [-0.15, -0.1) is 10.5 Å². The number of hydrogen-bond acceptors (Lipinski definition) is 2. The average Bonchev–Trinajstić information content (AvgIpc) is 2.60. The number of benzene rings is 2. The molecule has 2 atom stereocenters. The van der Waals surface area contributed by atoms with E-state index >= 15 is 0 Å². The summed E-state index contributed by atoms with van der Waals surface area (Å²) in [5.41, 5.74) is 7.75. The van der Waals surface area contributed by atoms with Gasteiger partial charge in [-0.1, -0.05) is 88.1 Å². The van der Waals surface area contributed by atoms with Crippen molar-refractivity contribution in [2.75, 3.05) is 0 Å². The fourth-order valence-corrected chi connectivity index (χ4v) is 3.87. The first-order valence-electron chi connectivity index (χ1n) is 9.26. The Hall–Kier alpha value is 0.465. The maximum absolute atomic E-state index is 5.67. The molecule has 2 aromatic carbocycles.